The maximum absolute atomic E-state index is 12.9. The topological polar surface area (TPSA) is 122 Å². The second kappa shape index (κ2) is 10.9. The lowest BCUT2D eigenvalue weighted by atomic mass is 10.0. The van der Waals surface area contributed by atoms with Crippen LogP contribution in [0.3, 0.4) is 0 Å². The molecule has 2 aromatic rings. The van der Waals surface area contributed by atoms with Gasteiger partial charge in [0.1, 0.15) is 5.52 Å². The number of Topliss-reactive ketones (excluding diaryl/α,β-unsaturated/α-hetero) is 1. The second-order valence-corrected chi connectivity index (χ2v) is 9.12. The van der Waals surface area contributed by atoms with Gasteiger partial charge in [0.05, 0.1) is 0 Å². The number of ketones is 1. The number of hydrogen-bond donors (Lipinski definition) is 2. The lowest BCUT2D eigenvalue weighted by molar-refractivity contribution is -0.159. The Labute approximate surface area is 193 Å². The van der Waals surface area contributed by atoms with Crippen LogP contribution in [0.25, 0.3) is 10.9 Å². The zero-order valence-electron chi connectivity index (χ0n) is 19.4. The van der Waals surface area contributed by atoms with Crippen LogP contribution in [-0.4, -0.2) is 76.0 Å². The summed E-state index contributed by atoms with van der Waals surface area (Å²) in [6, 6.07) is 6.26. The van der Waals surface area contributed by atoms with Crippen molar-refractivity contribution in [3.8, 4) is 0 Å². The van der Waals surface area contributed by atoms with E-state index in [1.54, 1.807) is 7.11 Å². The van der Waals surface area contributed by atoms with Crippen LogP contribution in [0.5, 0.6) is 0 Å². The third-order valence-corrected chi connectivity index (χ3v) is 6.54. The Morgan fingerprint density at radius 2 is 1.82 bits per heavy atom. The van der Waals surface area contributed by atoms with E-state index < -0.39 is 11.9 Å². The minimum absolute atomic E-state index is 0.247. The largest absolute Gasteiger partial charge is 0.473 e. The zero-order valence-corrected chi connectivity index (χ0v) is 19.4. The number of carbonyl (C=O) groups excluding carboxylic acids is 1. The van der Waals surface area contributed by atoms with Crippen LogP contribution >= 0.6 is 0 Å². The van der Waals surface area contributed by atoms with Crippen molar-refractivity contribution >= 4 is 28.6 Å². The van der Waals surface area contributed by atoms with Gasteiger partial charge < -0.3 is 19.8 Å². The van der Waals surface area contributed by atoms with Gasteiger partial charge in [0.25, 0.3) is 0 Å². The average Bonchev–Trinajstić information content (AvgIpc) is 3.11. The molecule has 33 heavy (non-hydrogen) atoms. The van der Waals surface area contributed by atoms with Gasteiger partial charge >= 0.3 is 11.9 Å². The minimum atomic E-state index is -1.82. The molecule has 2 atom stereocenters. The Bertz CT molecular complexity index is 977. The number of hydrogen-bond acceptors (Lipinski definition) is 6. The number of ether oxygens (including phenoxy) is 1. The van der Waals surface area contributed by atoms with Gasteiger partial charge in [0.2, 0.25) is 0 Å². The average molecular weight is 460 g/mol. The Hall–Kier alpha value is -2.78. The van der Waals surface area contributed by atoms with Gasteiger partial charge in [-0.1, -0.05) is 12.1 Å². The van der Waals surface area contributed by atoms with E-state index in [1.165, 1.54) is 13.1 Å². The molecule has 1 aromatic carbocycles. The monoisotopic (exact) mass is 459 g/mol. The summed E-state index contributed by atoms with van der Waals surface area (Å²) in [7, 11) is 1.77. The van der Waals surface area contributed by atoms with Gasteiger partial charge in [-0.25, -0.2) is 9.59 Å². The number of likely N-dealkylation sites (tertiary alicyclic amines) is 1. The van der Waals surface area contributed by atoms with E-state index in [4.69, 9.17) is 24.5 Å². The molecule has 0 amide bonds. The highest BCUT2D eigenvalue weighted by Gasteiger charge is 2.54. The lowest BCUT2D eigenvalue weighted by Gasteiger charge is -2.18. The van der Waals surface area contributed by atoms with Crippen molar-refractivity contribution in [3.05, 3.63) is 30.0 Å². The maximum atomic E-state index is 12.9. The number of nitrogens with zero attached hydrogens (tertiary/aromatic N) is 3. The van der Waals surface area contributed by atoms with Crippen LogP contribution < -0.4 is 0 Å². The summed E-state index contributed by atoms with van der Waals surface area (Å²) in [6.07, 6.45) is 4.84. The van der Waals surface area contributed by atoms with Crippen LogP contribution in [0.4, 0.5) is 0 Å². The SMILES string of the molecule is COCCCN1CC2C(CCC(=O)c3cccc4cn(C(C)C)nc34)C2C1.O=C(O)C(=O)O. The fourth-order valence-electron chi connectivity index (χ4n) is 4.77. The first-order chi connectivity index (χ1) is 15.7. The first-order valence-electron chi connectivity index (χ1n) is 11.4. The van der Waals surface area contributed by atoms with Crippen LogP contribution in [0.2, 0.25) is 0 Å². The van der Waals surface area contributed by atoms with Gasteiger partial charge in [0, 0.05) is 63.0 Å². The van der Waals surface area contributed by atoms with E-state index in [1.807, 2.05) is 29.1 Å². The predicted molar refractivity (Wildman–Crippen MR) is 122 cm³/mol. The molecule has 2 N–H and O–H groups in total. The normalized spacial score (nSPS) is 21.5. The van der Waals surface area contributed by atoms with E-state index in [2.05, 4.69) is 23.8 Å². The molecule has 0 radical (unpaired) electrons. The van der Waals surface area contributed by atoms with Crippen molar-refractivity contribution in [2.75, 3.05) is 33.4 Å². The molecule has 1 aliphatic carbocycles. The van der Waals surface area contributed by atoms with Crippen molar-refractivity contribution in [1.82, 2.24) is 14.7 Å². The first kappa shape index (κ1) is 24.9. The van der Waals surface area contributed by atoms with Crippen molar-refractivity contribution in [1.29, 1.82) is 0 Å². The first-order valence-corrected chi connectivity index (χ1v) is 11.4. The second-order valence-electron chi connectivity index (χ2n) is 9.12. The van der Waals surface area contributed by atoms with Gasteiger partial charge in [-0.15, -0.1) is 0 Å². The summed E-state index contributed by atoms with van der Waals surface area (Å²) in [5, 5.41) is 20.5. The number of carboxylic acid groups (broad SMARTS) is 2. The van der Waals surface area contributed by atoms with Crippen molar-refractivity contribution in [2.45, 2.75) is 39.2 Å². The molecule has 0 bridgehead atoms. The number of aliphatic carboxylic acids is 2. The molecule has 180 valence electrons. The minimum Gasteiger partial charge on any atom is -0.473 e. The number of carboxylic acids is 2. The molecule has 9 nitrogen and oxygen atoms in total. The van der Waals surface area contributed by atoms with Crippen LogP contribution in [0, 0.1) is 17.8 Å². The highest BCUT2D eigenvalue weighted by molar-refractivity contribution is 6.27. The number of fused-ring (bicyclic) bond motifs is 2. The zero-order chi connectivity index (χ0) is 24.1. The number of rotatable bonds is 9. The predicted octanol–water partition coefficient (Wildman–Crippen LogP) is 2.95. The van der Waals surface area contributed by atoms with Gasteiger partial charge in [-0.3, -0.25) is 9.48 Å². The maximum Gasteiger partial charge on any atom is 0.414 e. The van der Waals surface area contributed by atoms with Gasteiger partial charge in [-0.2, -0.15) is 5.10 Å². The van der Waals surface area contributed by atoms with E-state index in [9.17, 15) is 4.79 Å². The van der Waals surface area contributed by atoms with E-state index in [-0.39, 0.29) is 5.78 Å². The summed E-state index contributed by atoms with van der Waals surface area (Å²) in [6.45, 7) is 8.63. The summed E-state index contributed by atoms with van der Waals surface area (Å²) < 4.78 is 7.09. The molecular weight excluding hydrogens is 426 g/mol. The fraction of sp³-hybridized carbons (Fsp3) is 0.583. The van der Waals surface area contributed by atoms with Gasteiger partial charge in [0.15, 0.2) is 5.78 Å². The highest BCUT2D eigenvalue weighted by atomic mass is 16.5. The lowest BCUT2D eigenvalue weighted by Crippen LogP contribution is -2.26. The van der Waals surface area contributed by atoms with Gasteiger partial charge in [-0.05, 0) is 50.5 Å². The van der Waals surface area contributed by atoms with Crippen LogP contribution in [0.15, 0.2) is 24.4 Å². The smallest absolute Gasteiger partial charge is 0.414 e. The number of carbonyl (C=O) groups is 3. The van der Waals surface area contributed by atoms with Crippen molar-refractivity contribution < 1.29 is 29.3 Å². The molecule has 2 heterocycles. The molecule has 2 fully saturated rings. The molecule has 1 aliphatic heterocycles. The Kier molecular flexibility index (Phi) is 8.20. The Morgan fingerprint density at radius 3 is 2.39 bits per heavy atom. The number of piperidine rings is 1. The molecule has 0 spiro atoms. The quantitative estimate of drug-likeness (QED) is 0.333. The molecule has 4 rings (SSSR count). The molecule has 1 saturated carbocycles. The summed E-state index contributed by atoms with van der Waals surface area (Å²) in [5.41, 5.74) is 1.65. The highest BCUT2D eigenvalue weighted by Crippen LogP contribution is 2.54. The Morgan fingerprint density at radius 1 is 1.15 bits per heavy atom. The van der Waals surface area contributed by atoms with E-state index in [0.717, 1.165) is 60.2 Å². The molecule has 1 aromatic heterocycles. The fourth-order valence-corrected chi connectivity index (χ4v) is 4.77. The van der Waals surface area contributed by atoms with E-state index in [0.29, 0.717) is 12.5 Å². The third kappa shape index (κ3) is 6.17. The van der Waals surface area contributed by atoms with Crippen molar-refractivity contribution in [3.63, 3.8) is 0 Å². The molecule has 2 unspecified atom stereocenters. The number of methoxy groups -OCH3 is 1. The molecule has 2 aliphatic rings. The summed E-state index contributed by atoms with van der Waals surface area (Å²) in [4.78, 5) is 33.6. The molecule has 9 heteroatoms. The molecular formula is C24H33N3O6. The molecule has 1 saturated heterocycles. The van der Waals surface area contributed by atoms with Crippen LogP contribution in [-0.2, 0) is 14.3 Å². The van der Waals surface area contributed by atoms with Crippen LogP contribution in [0.1, 0.15) is 49.5 Å². The number of aromatic nitrogens is 2. The van der Waals surface area contributed by atoms with Crippen molar-refractivity contribution in [2.24, 2.45) is 17.8 Å². The van der Waals surface area contributed by atoms with E-state index >= 15 is 0 Å². The third-order valence-electron chi connectivity index (χ3n) is 6.54. The summed E-state index contributed by atoms with van der Waals surface area (Å²) >= 11 is 0. The Balaban J connectivity index is 0.000000454. The number of benzene rings is 1. The standard InChI is InChI=1S/C22H31N3O2.C2H2O4/c1-15(2)25-12-16-6-4-7-18(22(16)23-25)21(26)9-8-17-19-13-24(14-20(17)19)10-5-11-27-3;3-1(4)2(5)6/h4,6-7,12,15,17,19-20H,5,8-11,13-14H2,1-3H3;(H,3,4)(H,5,6). The summed E-state index contributed by atoms with van der Waals surface area (Å²) in [5.74, 6) is -1.02.